The largest absolute Gasteiger partial charge is 0.311 e. The second kappa shape index (κ2) is 5.99. The minimum Gasteiger partial charge on any atom is -0.311 e. The van der Waals surface area contributed by atoms with Crippen LogP contribution in [0.15, 0.2) is 42.7 Å². The smallest absolute Gasteiger partial charge is 0.154 e. The molecule has 1 fully saturated rings. The Morgan fingerprint density at radius 1 is 1.29 bits per heavy atom. The molecule has 2 heterocycles. The molecule has 1 aromatic heterocycles. The maximum Gasteiger partial charge on any atom is 0.154 e. The molecule has 112 valence electrons. The van der Waals surface area contributed by atoms with Gasteiger partial charge in [0.05, 0.1) is 22.9 Å². The van der Waals surface area contributed by atoms with Crippen molar-refractivity contribution in [2.45, 2.75) is 24.6 Å². The van der Waals surface area contributed by atoms with E-state index in [-0.39, 0.29) is 5.25 Å². The van der Waals surface area contributed by atoms with E-state index < -0.39 is 9.84 Å². The summed E-state index contributed by atoms with van der Waals surface area (Å²) in [6, 6.07) is 9.90. The number of aromatic nitrogens is 2. The van der Waals surface area contributed by atoms with E-state index in [1.165, 1.54) is 0 Å². The molecule has 1 aliphatic heterocycles. The van der Waals surface area contributed by atoms with E-state index in [0.29, 0.717) is 18.8 Å². The summed E-state index contributed by atoms with van der Waals surface area (Å²) in [7, 11) is -2.86. The Morgan fingerprint density at radius 2 is 2.10 bits per heavy atom. The zero-order chi connectivity index (χ0) is 14.7. The van der Waals surface area contributed by atoms with Crippen LogP contribution in [0, 0.1) is 0 Å². The molecule has 1 atom stereocenters. The highest BCUT2D eigenvalue weighted by atomic mass is 32.2. The van der Waals surface area contributed by atoms with E-state index in [1.807, 2.05) is 47.4 Å². The van der Waals surface area contributed by atoms with Gasteiger partial charge in [0.25, 0.3) is 0 Å². The maximum absolute atomic E-state index is 11.7. The Labute approximate surface area is 124 Å². The second-order valence-corrected chi connectivity index (χ2v) is 7.79. The summed E-state index contributed by atoms with van der Waals surface area (Å²) in [4.78, 5) is 0. The van der Waals surface area contributed by atoms with Gasteiger partial charge in [0.1, 0.15) is 0 Å². The molecule has 0 spiro atoms. The van der Waals surface area contributed by atoms with E-state index in [9.17, 15) is 8.42 Å². The SMILES string of the molecule is O=S1(=O)CCC[C@@H]1CNCc1cnn(-c2ccccc2)c1. The van der Waals surface area contributed by atoms with Crippen molar-refractivity contribution < 1.29 is 8.42 Å². The molecule has 3 rings (SSSR count). The maximum atomic E-state index is 11.7. The summed E-state index contributed by atoms with van der Waals surface area (Å²) in [5.41, 5.74) is 2.07. The van der Waals surface area contributed by atoms with Crippen LogP contribution < -0.4 is 5.32 Å². The lowest BCUT2D eigenvalue weighted by molar-refractivity contribution is 0.574. The quantitative estimate of drug-likeness (QED) is 0.910. The normalized spacial score (nSPS) is 20.7. The Kier molecular flexibility index (Phi) is 4.07. The first-order valence-corrected chi connectivity index (χ1v) is 8.88. The zero-order valence-corrected chi connectivity index (χ0v) is 12.6. The number of sulfone groups is 1. The fourth-order valence-corrected chi connectivity index (χ4v) is 4.44. The summed E-state index contributed by atoms with van der Waals surface area (Å²) < 4.78 is 25.3. The third-order valence-corrected chi connectivity index (χ3v) is 6.10. The third kappa shape index (κ3) is 3.33. The number of benzene rings is 1. The summed E-state index contributed by atoms with van der Waals surface area (Å²) in [6.45, 7) is 1.16. The average molecular weight is 305 g/mol. The second-order valence-electron chi connectivity index (χ2n) is 5.39. The highest BCUT2D eigenvalue weighted by Gasteiger charge is 2.30. The average Bonchev–Trinajstić information content (AvgIpc) is 3.07. The van der Waals surface area contributed by atoms with Gasteiger partial charge < -0.3 is 5.32 Å². The first-order valence-electron chi connectivity index (χ1n) is 7.16. The Balaban J connectivity index is 1.56. The molecule has 21 heavy (non-hydrogen) atoms. The van der Waals surface area contributed by atoms with Crippen molar-refractivity contribution in [3.63, 3.8) is 0 Å². The van der Waals surface area contributed by atoms with Crippen molar-refractivity contribution in [3.8, 4) is 5.69 Å². The lowest BCUT2D eigenvalue weighted by atomic mass is 10.2. The topological polar surface area (TPSA) is 64.0 Å². The van der Waals surface area contributed by atoms with Crippen LogP contribution in [0.5, 0.6) is 0 Å². The minimum absolute atomic E-state index is 0.221. The molecule has 1 aromatic carbocycles. The van der Waals surface area contributed by atoms with Crippen LogP contribution >= 0.6 is 0 Å². The Morgan fingerprint density at radius 3 is 2.81 bits per heavy atom. The van der Waals surface area contributed by atoms with Gasteiger partial charge in [-0.05, 0) is 25.0 Å². The number of hydrogen-bond donors (Lipinski definition) is 1. The van der Waals surface area contributed by atoms with Crippen molar-refractivity contribution in [1.82, 2.24) is 15.1 Å². The van der Waals surface area contributed by atoms with E-state index in [4.69, 9.17) is 0 Å². The predicted octanol–water partition coefficient (Wildman–Crippen LogP) is 1.54. The fourth-order valence-electron chi connectivity index (χ4n) is 2.64. The van der Waals surface area contributed by atoms with Crippen LogP contribution in [-0.4, -0.2) is 35.7 Å². The van der Waals surface area contributed by atoms with Crippen molar-refractivity contribution in [2.75, 3.05) is 12.3 Å². The van der Waals surface area contributed by atoms with Crippen LogP contribution in [0.3, 0.4) is 0 Å². The standard InChI is InChI=1S/C15H19N3O2S/c19-21(20)8-4-7-15(21)11-16-9-13-10-17-18(12-13)14-5-2-1-3-6-14/h1-3,5-6,10,12,15-16H,4,7-9,11H2/t15-/m1/s1. The van der Waals surface area contributed by atoms with Gasteiger partial charge in [-0.1, -0.05) is 18.2 Å². The van der Waals surface area contributed by atoms with E-state index in [0.717, 1.165) is 24.1 Å². The van der Waals surface area contributed by atoms with Crippen LogP contribution in [-0.2, 0) is 16.4 Å². The molecule has 5 nitrogen and oxygen atoms in total. The molecular weight excluding hydrogens is 286 g/mol. The summed E-state index contributed by atoms with van der Waals surface area (Å²) in [5.74, 6) is 0.339. The molecule has 0 radical (unpaired) electrons. The van der Waals surface area contributed by atoms with Gasteiger partial charge in [-0.3, -0.25) is 0 Å². The van der Waals surface area contributed by atoms with Crippen molar-refractivity contribution >= 4 is 9.84 Å². The Hall–Kier alpha value is -1.66. The van der Waals surface area contributed by atoms with Crippen LogP contribution in [0.2, 0.25) is 0 Å². The molecule has 0 saturated carbocycles. The van der Waals surface area contributed by atoms with Crippen molar-refractivity contribution in [2.24, 2.45) is 0 Å². The van der Waals surface area contributed by atoms with Gasteiger partial charge in [-0.15, -0.1) is 0 Å². The zero-order valence-electron chi connectivity index (χ0n) is 11.8. The number of nitrogens with one attached hydrogen (secondary N) is 1. The monoisotopic (exact) mass is 305 g/mol. The lowest BCUT2D eigenvalue weighted by Gasteiger charge is -2.09. The summed E-state index contributed by atoms with van der Waals surface area (Å²) in [6.07, 6.45) is 5.34. The van der Waals surface area contributed by atoms with Crippen LogP contribution in [0.1, 0.15) is 18.4 Å². The van der Waals surface area contributed by atoms with Crippen molar-refractivity contribution in [3.05, 3.63) is 48.3 Å². The first-order chi connectivity index (χ1) is 10.1. The van der Waals surface area contributed by atoms with E-state index in [1.54, 1.807) is 0 Å². The molecular formula is C15H19N3O2S. The lowest BCUT2D eigenvalue weighted by Crippen LogP contribution is -2.30. The molecule has 2 aromatic rings. The van der Waals surface area contributed by atoms with E-state index >= 15 is 0 Å². The van der Waals surface area contributed by atoms with Gasteiger partial charge >= 0.3 is 0 Å². The molecule has 1 saturated heterocycles. The molecule has 0 amide bonds. The number of rotatable bonds is 5. The molecule has 6 heteroatoms. The van der Waals surface area contributed by atoms with Gasteiger partial charge in [-0.25, -0.2) is 13.1 Å². The predicted molar refractivity (Wildman–Crippen MR) is 82.1 cm³/mol. The molecule has 0 bridgehead atoms. The van der Waals surface area contributed by atoms with Gasteiger partial charge in [0.15, 0.2) is 9.84 Å². The van der Waals surface area contributed by atoms with Gasteiger partial charge in [0, 0.05) is 24.8 Å². The number of hydrogen-bond acceptors (Lipinski definition) is 4. The molecule has 0 unspecified atom stereocenters. The fraction of sp³-hybridized carbons (Fsp3) is 0.400. The highest BCUT2D eigenvalue weighted by Crippen LogP contribution is 2.19. The van der Waals surface area contributed by atoms with Gasteiger partial charge in [0.2, 0.25) is 0 Å². The molecule has 1 N–H and O–H groups in total. The Bertz CT molecular complexity index is 695. The minimum atomic E-state index is -2.86. The highest BCUT2D eigenvalue weighted by molar-refractivity contribution is 7.92. The van der Waals surface area contributed by atoms with Gasteiger partial charge in [-0.2, -0.15) is 5.10 Å². The van der Waals surface area contributed by atoms with Crippen LogP contribution in [0.25, 0.3) is 5.69 Å². The first kappa shape index (κ1) is 14.3. The third-order valence-electron chi connectivity index (χ3n) is 3.82. The molecule has 1 aliphatic rings. The number of nitrogens with zero attached hydrogens (tertiary/aromatic N) is 2. The summed E-state index contributed by atoms with van der Waals surface area (Å²) in [5, 5.41) is 7.33. The van der Waals surface area contributed by atoms with Crippen LogP contribution in [0.4, 0.5) is 0 Å². The number of para-hydroxylation sites is 1. The summed E-state index contributed by atoms with van der Waals surface area (Å²) >= 11 is 0. The van der Waals surface area contributed by atoms with Crippen molar-refractivity contribution in [1.29, 1.82) is 0 Å². The van der Waals surface area contributed by atoms with E-state index in [2.05, 4.69) is 10.4 Å². The molecule has 0 aliphatic carbocycles.